The van der Waals surface area contributed by atoms with Gasteiger partial charge in [0.05, 0.1) is 5.92 Å². The molecule has 1 saturated heterocycles. The summed E-state index contributed by atoms with van der Waals surface area (Å²) in [6.07, 6.45) is 10.4. The van der Waals surface area contributed by atoms with Crippen LogP contribution < -0.4 is 0 Å². The van der Waals surface area contributed by atoms with Crippen LogP contribution in [-0.4, -0.2) is 33.6 Å². The standard InChI is InChI=1S/C26H36N2O3/c1-18-17-27(14-12-19-8-6-5-7-9-19)23-16-20(10-11-21(18)23)22-13-15-28(24(22)29)25(30)31-26(2,3)4/h10-11,16-17,19,22H,5-9,12-15H2,1-4H3. The zero-order chi connectivity index (χ0) is 22.2. The third-order valence-electron chi connectivity index (χ3n) is 6.83. The molecule has 1 unspecified atom stereocenters. The number of benzene rings is 1. The van der Waals surface area contributed by atoms with Crippen LogP contribution in [0.1, 0.15) is 82.8 Å². The van der Waals surface area contributed by atoms with Crippen molar-refractivity contribution < 1.29 is 14.3 Å². The number of rotatable bonds is 4. The number of ether oxygens (including phenoxy) is 1. The molecule has 5 heteroatoms. The Bertz CT molecular complexity index is 963. The predicted molar refractivity (Wildman–Crippen MR) is 123 cm³/mol. The SMILES string of the molecule is Cc1cn(CCC2CCCCC2)c2cc(C3CCN(C(=O)OC(C)(C)C)C3=O)ccc12. The summed E-state index contributed by atoms with van der Waals surface area (Å²) >= 11 is 0. The fraction of sp³-hybridized carbons (Fsp3) is 0.615. The lowest BCUT2D eigenvalue weighted by Crippen LogP contribution is -2.38. The quantitative estimate of drug-likeness (QED) is 0.590. The van der Waals surface area contributed by atoms with E-state index in [0.29, 0.717) is 13.0 Å². The average molecular weight is 425 g/mol. The van der Waals surface area contributed by atoms with Gasteiger partial charge in [0.1, 0.15) is 5.60 Å². The van der Waals surface area contributed by atoms with Crippen LogP contribution in [0.2, 0.25) is 0 Å². The Morgan fingerprint density at radius 3 is 2.58 bits per heavy atom. The summed E-state index contributed by atoms with van der Waals surface area (Å²) in [6.45, 7) is 9.06. The summed E-state index contributed by atoms with van der Waals surface area (Å²) in [4.78, 5) is 26.7. The van der Waals surface area contributed by atoms with Crippen molar-refractivity contribution in [3.8, 4) is 0 Å². The average Bonchev–Trinajstić information content (AvgIpc) is 3.25. The lowest BCUT2D eigenvalue weighted by Gasteiger charge is -2.23. The summed E-state index contributed by atoms with van der Waals surface area (Å²) < 4.78 is 7.79. The van der Waals surface area contributed by atoms with Crippen LogP contribution in [-0.2, 0) is 16.1 Å². The zero-order valence-corrected chi connectivity index (χ0v) is 19.4. The Morgan fingerprint density at radius 1 is 1.13 bits per heavy atom. The molecule has 0 radical (unpaired) electrons. The molecule has 1 saturated carbocycles. The van der Waals surface area contributed by atoms with Crippen LogP contribution in [0.3, 0.4) is 0 Å². The van der Waals surface area contributed by atoms with E-state index < -0.39 is 11.7 Å². The Balaban J connectivity index is 1.52. The number of aryl methyl sites for hydroxylation is 2. The lowest BCUT2D eigenvalue weighted by atomic mass is 9.87. The number of hydrogen-bond donors (Lipinski definition) is 0. The highest BCUT2D eigenvalue weighted by Gasteiger charge is 2.38. The Morgan fingerprint density at radius 2 is 1.87 bits per heavy atom. The van der Waals surface area contributed by atoms with E-state index in [-0.39, 0.29) is 11.8 Å². The molecule has 0 bridgehead atoms. The molecule has 1 aliphatic heterocycles. The fourth-order valence-electron chi connectivity index (χ4n) is 5.18. The van der Waals surface area contributed by atoms with Gasteiger partial charge in [0.2, 0.25) is 5.91 Å². The molecule has 1 aromatic carbocycles. The molecule has 1 atom stereocenters. The number of amides is 2. The van der Waals surface area contributed by atoms with Gasteiger partial charge in [0, 0.05) is 30.2 Å². The number of nitrogens with zero attached hydrogens (tertiary/aromatic N) is 2. The molecule has 2 fully saturated rings. The van der Waals surface area contributed by atoms with Gasteiger partial charge in [-0.3, -0.25) is 4.79 Å². The maximum absolute atomic E-state index is 13.0. The second-order valence-electron chi connectivity index (χ2n) is 10.4. The van der Waals surface area contributed by atoms with Crippen LogP contribution in [0, 0.1) is 12.8 Å². The number of likely N-dealkylation sites (tertiary alicyclic amines) is 1. The van der Waals surface area contributed by atoms with Crippen molar-refractivity contribution in [1.82, 2.24) is 9.47 Å². The van der Waals surface area contributed by atoms with Crippen molar-refractivity contribution in [3.63, 3.8) is 0 Å². The third-order valence-corrected chi connectivity index (χ3v) is 6.83. The van der Waals surface area contributed by atoms with E-state index in [4.69, 9.17) is 4.74 Å². The molecule has 2 aliphatic rings. The Kier molecular flexibility index (Phi) is 6.14. The minimum atomic E-state index is -0.606. The van der Waals surface area contributed by atoms with Gasteiger partial charge in [-0.15, -0.1) is 0 Å². The molecule has 2 heterocycles. The van der Waals surface area contributed by atoms with Gasteiger partial charge < -0.3 is 9.30 Å². The van der Waals surface area contributed by atoms with Crippen LogP contribution >= 0.6 is 0 Å². The van der Waals surface area contributed by atoms with E-state index in [0.717, 1.165) is 18.0 Å². The molecular weight excluding hydrogens is 388 g/mol. The first-order valence-corrected chi connectivity index (χ1v) is 11.9. The number of aromatic nitrogens is 1. The monoisotopic (exact) mass is 424 g/mol. The van der Waals surface area contributed by atoms with Gasteiger partial charge in [0.25, 0.3) is 0 Å². The number of carbonyl (C=O) groups excluding carboxylic acids is 2. The Hall–Kier alpha value is -2.30. The van der Waals surface area contributed by atoms with E-state index in [9.17, 15) is 9.59 Å². The van der Waals surface area contributed by atoms with Crippen LogP contribution in [0.15, 0.2) is 24.4 Å². The van der Waals surface area contributed by atoms with Gasteiger partial charge in [0.15, 0.2) is 0 Å². The molecule has 1 aromatic heterocycles. The zero-order valence-electron chi connectivity index (χ0n) is 19.4. The summed E-state index contributed by atoms with van der Waals surface area (Å²) in [5.41, 5.74) is 2.87. The summed E-state index contributed by atoms with van der Waals surface area (Å²) in [7, 11) is 0. The van der Waals surface area contributed by atoms with E-state index in [1.54, 1.807) is 0 Å². The maximum Gasteiger partial charge on any atom is 0.417 e. The highest BCUT2D eigenvalue weighted by Crippen LogP contribution is 2.33. The van der Waals surface area contributed by atoms with Crippen molar-refractivity contribution >= 4 is 22.9 Å². The largest absolute Gasteiger partial charge is 0.443 e. The first kappa shape index (κ1) is 21.9. The van der Waals surface area contributed by atoms with Crippen molar-refractivity contribution in [2.75, 3.05) is 6.54 Å². The maximum atomic E-state index is 13.0. The van der Waals surface area contributed by atoms with E-state index >= 15 is 0 Å². The molecule has 1 aliphatic carbocycles. The Labute approximate surface area is 185 Å². The van der Waals surface area contributed by atoms with E-state index in [1.165, 1.54) is 59.9 Å². The highest BCUT2D eigenvalue weighted by molar-refractivity contribution is 5.98. The van der Waals surface area contributed by atoms with Gasteiger partial charge in [-0.25, -0.2) is 9.69 Å². The van der Waals surface area contributed by atoms with Crippen LogP contribution in [0.25, 0.3) is 10.9 Å². The third kappa shape index (κ3) is 4.81. The molecule has 168 valence electrons. The van der Waals surface area contributed by atoms with Gasteiger partial charge in [-0.05, 0) is 63.6 Å². The lowest BCUT2D eigenvalue weighted by molar-refractivity contribution is -0.128. The van der Waals surface area contributed by atoms with E-state index in [1.807, 2.05) is 20.8 Å². The number of hydrogen-bond acceptors (Lipinski definition) is 3. The number of carbonyl (C=O) groups is 2. The van der Waals surface area contributed by atoms with Gasteiger partial charge in [-0.1, -0.05) is 44.2 Å². The second-order valence-corrected chi connectivity index (χ2v) is 10.4. The second kappa shape index (κ2) is 8.68. The summed E-state index contributed by atoms with van der Waals surface area (Å²) in [5.74, 6) is 0.415. The molecule has 2 amide bonds. The molecule has 4 rings (SSSR count). The first-order chi connectivity index (χ1) is 14.7. The molecule has 31 heavy (non-hydrogen) atoms. The first-order valence-electron chi connectivity index (χ1n) is 11.9. The van der Waals surface area contributed by atoms with Crippen molar-refractivity contribution in [3.05, 3.63) is 35.5 Å². The van der Waals surface area contributed by atoms with Gasteiger partial charge in [-0.2, -0.15) is 0 Å². The minimum Gasteiger partial charge on any atom is -0.443 e. The topological polar surface area (TPSA) is 51.5 Å². The van der Waals surface area contributed by atoms with E-state index in [2.05, 4.69) is 35.9 Å². The number of fused-ring (bicyclic) bond motifs is 1. The molecular formula is C26H36N2O3. The number of imide groups is 1. The van der Waals surface area contributed by atoms with Crippen LogP contribution in [0.5, 0.6) is 0 Å². The normalized spacial score (nSPS) is 20.6. The molecule has 5 nitrogen and oxygen atoms in total. The van der Waals surface area contributed by atoms with Crippen LogP contribution in [0.4, 0.5) is 4.79 Å². The van der Waals surface area contributed by atoms with Crippen molar-refractivity contribution in [2.45, 2.75) is 90.7 Å². The molecule has 0 spiro atoms. The van der Waals surface area contributed by atoms with Crippen molar-refractivity contribution in [1.29, 1.82) is 0 Å². The summed E-state index contributed by atoms with van der Waals surface area (Å²) in [5, 5.41) is 1.25. The minimum absolute atomic E-state index is 0.148. The van der Waals surface area contributed by atoms with Gasteiger partial charge >= 0.3 is 6.09 Å². The molecule has 0 N–H and O–H groups in total. The van der Waals surface area contributed by atoms with Crippen molar-refractivity contribution in [2.24, 2.45) is 5.92 Å². The smallest absolute Gasteiger partial charge is 0.417 e. The predicted octanol–water partition coefficient (Wildman–Crippen LogP) is 6.17. The highest BCUT2D eigenvalue weighted by atomic mass is 16.6. The fourth-order valence-corrected chi connectivity index (χ4v) is 5.18. The molecule has 2 aromatic rings. The summed E-state index contributed by atoms with van der Waals surface area (Å²) in [6, 6.07) is 6.37.